The van der Waals surface area contributed by atoms with Gasteiger partial charge in [-0.3, -0.25) is 4.79 Å². The second-order valence-electron chi connectivity index (χ2n) is 5.27. The van der Waals surface area contributed by atoms with Crippen LogP contribution in [0, 0.1) is 0 Å². The number of furan rings is 1. The summed E-state index contributed by atoms with van der Waals surface area (Å²) in [5, 5.41) is 13.4. The molecule has 0 aliphatic carbocycles. The Kier molecular flexibility index (Phi) is 3.32. The van der Waals surface area contributed by atoms with E-state index < -0.39 is 5.97 Å². The molecule has 6 heteroatoms. The Morgan fingerprint density at radius 3 is 2.62 bits per heavy atom. The van der Waals surface area contributed by atoms with Gasteiger partial charge in [0, 0.05) is 15.8 Å². The third kappa shape index (κ3) is 2.53. The number of amides is 1. The zero-order valence-corrected chi connectivity index (χ0v) is 13.1. The van der Waals surface area contributed by atoms with Crippen LogP contribution in [0.4, 0.5) is 5.69 Å². The number of benzene rings is 2. The molecule has 1 amide bonds. The van der Waals surface area contributed by atoms with Crippen molar-refractivity contribution in [2.75, 3.05) is 5.32 Å². The molecular formula is C18H11NO4S. The van der Waals surface area contributed by atoms with Crippen molar-refractivity contribution in [1.29, 1.82) is 0 Å². The van der Waals surface area contributed by atoms with E-state index in [2.05, 4.69) is 5.32 Å². The monoisotopic (exact) mass is 337 g/mol. The Bertz CT molecular complexity index is 1060. The number of fused-ring (bicyclic) bond motifs is 2. The molecule has 5 nitrogen and oxygen atoms in total. The quantitative estimate of drug-likeness (QED) is 0.573. The van der Waals surface area contributed by atoms with Gasteiger partial charge in [0.15, 0.2) is 0 Å². The maximum absolute atomic E-state index is 12.4. The molecule has 2 N–H and O–H groups in total. The van der Waals surface area contributed by atoms with E-state index in [1.807, 2.05) is 30.3 Å². The minimum absolute atomic E-state index is 0.127. The molecule has 0 saturated heterocycles. The van der Waals surface area contributed by atoms with E-state index in [9.17, 15) is 9.59 Å². The Hall–Kier alpha value is -3.12. The minimum atomic E-state index is -1.12. The number of nitrogens with one attached hydrogen (secondary N) is 1. The van der Waals surface area contributed by atoms with Crippen LogP contribution in [0.2, 0.25) is 0 Å². The van der Waals surface area contributed by atoms with Crippen LogP contribution in [-0.4, -0.2) is 17.0 Å². The summed E-state index contributed by atoms with van der Waals surface area (Å²) in [6.07, 6.45) is 0. The van der Waals surface area contributed by atoms with Crippen LogP contribution in [0.15, 0.2) is 59.0 Å². The van der Waals surface area contributed by atoms with Crippen molar-refractivity contribution in [2.24, 2.45) is 0 Å². The highest BCUT2D eigenvalue weighted by Gasteiger charge is 2.13. The van der Waals surface area contributed by atoms with Crippen LogP contribution in [0.5, 0.6) is 0 Å². The molecule has 2 aromatic carbocycles. The summed E-state index contributed by atoms with van der Waals surface area (Å²) in [4.78, 5) is 24.0. The average molecular weight is 337 g/mol. The van der Waals surface area contributed by atoms with Crippen molar-refractivity contribution in [1.82, 2.24) is 0 Å². The number of rotatable bonds is 3. The molecule has 0 unspecified atom stereocenters. The van der Waals surface area contributed by atoms with Crippen LogP contribution < -0.4 is 5.32 Å². The van der Waals surface area contributed by atoms with E-state index >= 15 is 0 Å². The maximum atomic E-state index is 12.4. The SMILES string of the molecule is O=C(O)c1cc2cc(NC(=O)c3cc4ccccc4s3)ccc2o1. The van der Waals surface area contributed by atoms with Gasteiger partial charge in [0.25, 0.3) is 5.91 Å². The fourth-order valence-electron chi connectivity index (χ4n) is 2.51. The lowest BCUT2D eigenvalue weighted by Gasteiger charge is -2.03. The smallest absolute Gasteiger partial charge is 0.371 e. The summed E-state index contributed by atoms with van der Waals surface area (Å²) in [6, 6.07) is 16.1. The van der Waals surface area contributed by atoms with Crippen LogP contribution >= 0.6 is 11.3 Å². The first-order valence-corrected chi connectivity index (χ1v) is 7.98. The summed E-state index contributed by atoms with van der Waals surface area (Å²) < 4.78 is 6.26. The molecule has 0 aliphatic rings. The van der Waals surface area contributed by atoms with E-state index in [1.165, 1.54) is 17.4 Å². The van der Waals surface area contributed by atoms with Crippen molar-refractivity contribution in [2.45, 2.75) is 0 Å². The summed E-state index contributed by atoms with van der Waals surface area (Å²) in [6.45, 7) is 0. The van der Waals surface area contributed by atoms with Crippen molar-refractivity contribution >= 4 is 50.0 Å². The lowest BCUT2D eigenvalue weighted by Crippen LogP contribution is -2.09. The molecule has 0 spiro atoms. The largest absolute Gasteiger partial charge is 0.475 e. The predicted molar refractivity (Wildman–Crippen MR) is 93.0 cm³/mol. The van der Waals surface area contributed by atoms with E-state index in [4.69, 9.17) is 9.52 Å². The second kappa shape index (κ2) is 5.50. The van der Waals surface area contributed by atoms with E-state index in [1.54, 1.807) is 18.2 Å². The normalized spacial score (nSPS) is 11.0. The second-order valence-corrected chi connectivity index (χ2v) is 6.35. The lowest BCUT2D eigenvalue weighted by molar-refractivity contribution is 0.0665. The third-order valence-corrected chi connectivity index (χ3v) is 4.75. The fraction of sp³-hybridized carbons (Fsp3) is 0. The first-order valence-electron chi connectivity index (χ1n) is 7.17. The Balaban J connectivity index is 1.62. The third-order valence-electron chi connectivity index (χ3n) is 3.63. The van der Waals surface area contributed by atoms with Crippen molar-refractivity contribution in [3.8, 4) is 0 Å². The molecular weight excluding hydrogens is 326 g/mol. The number of hydrogen-bond donors (Lipinski definition) is 2. The number of thiophene rings is 1. The van der Waals surface area contributed by atoms with Crippen LogP contribution in [0.25, 0.3) is 21.1 Å². The molecule has 4 rings (SSSR count). The number of carbonyl (C=O) groups is 2. The summed E-state index contributed by atoms with van der Waals surface area (Å²) >= 11 is 1.43. The fourth-order valence-corrected chi connectivity index (χ4v) is 3.47. The standard InChI is InChI=1S/C18H11NO4S/c20-17(16-9-10-3-1-2-4-15(10)24-16)19-12-5-6-13-11(7-12)8-14(23-13)18(21)22/h1-9H,(H,19,20)(H,21,22). The molecule has 0 saturated carbocycles. The molecule has 0 atom stereocenters. The highest BCUT2D eigenvalue weighted by atomic mass is 32.1. The van der Waals surface area contributed by atoms with E-state index in [0.717, 1.165) is 10.1 Å². The zero-order valence-electron chi connectivity index (χ0n) is 12.3. The van der Waals surface area contributed by atoms with E-state index in [-0.39, 0.29) is 11.7 Å². The number of carbonyl (C=O) groups excluding carboxylic acids is 1. The topological polar surface area (TPSA) is 79.5 Å². The van der Waals surface area contributed by atoms with Crippen LogP contribution in [0.1, 0.15) is 20.2 Å². The molecule has 2 heterocycles. The van der Waals surface area contributed by atoms with Gasteiger partial charge in [0.2, 0.25) is 5.76 Å². The Morgan fingerprint density at radius 2 is 1.83 bits per heavy atom. The predicted octanol–water partition coefficient (Wildman–Crippen LogP) is 4.60. The van der Waals surface area contributed by atoms with Gasteiger partial charge in [0.1, 0.15) is 5.58 Å². The van der Waals surface area contributed by atoms with Gasteiger partial charge >= 0.3 is 5.97 Å². The molecule has 0 radical (unpaired) electrons. The van der Waals surface area contributed by atoms with E-state index in [0.29, 0.717) is 21.5 Å². The summed E-state index contributed by atoms with van der Waals surface area (Å²) in [5.41, 5.74) is 1.05. The molecule has 4 aromatic rings. The highest BCUT2D eigenvalue weighted by Crippen LogP contribution is 2.27. The van der Waals surface area contributed by atoms with Crippen LogP contribution in [0.3, 0.4) is 0 Å². The Morgan fingerprint density at radius 1 is 1.00 bits per heavy atom. The lowest BCUT2D eigenvalue weighted by atomic mass is 10.2. The zero-order chi connectivity index (χ0) is 16.7. The van der Waals surface area contributed by atoms with Crippen molar-refractivity contribution < 1.29 is 19.1 Å². The maximum Gasteiger partial charge on any atom is 0.371 e. The van der Waals surface area contributed by atoms with Gasteiger partial charge in [-0.25, -0.2) is 4.79 Å². The molecule has 0 bridgehead atoms. The van der Waals surface area contributed by atoms with Gasteiger partial charge in [-0.2, -0.15) is 0 Å². The number of carboxylic acid groups (broad SMARTS) is 1. The summed E-state index contributed by atoms with van der Waals surface area (Å²) in [7, 11) is 0. The molecule has 0 aliphatic heterocycles. The van der Waals surface area contributed by atoms with Gasteiger partial charge in [-0.15, -0.1) is 11.3 Å². The van der Waals surface area contributed by atoms with Gasteiger partial charge in [-0.1, -0.05) is 18.2 Å². The molecule has 0 fully saturated rings. The first kappa shape index (κ1) is 14.5. The number of anilines is 1. The first-order chi connectivity index (χ1) is 11.6. The van der Waals surface area contributed by atoms with Gasteiger partial charge in [-0.05, 0) is 41.8 Å². The molecule has 118 valence electrons. The summed E-state index contributed by atoms with van der Waals surface area (Å²) in [5.74, 6) is -1.45. The van der Waals surface area contributed by atoms with Crippen LogP contribution in [-0.2, 0) is 0 Å². The highest BCUT2D eigenvalue weighted by molar-refractivity contribution is 7.20. The van der Waals surface area contributed by atoms with Gasteiger partial charge < -0.3 is 14.8 Å². The molecule has 24 heavy (non-hydrogen) atoms. The number of hydrogen-bond acceptors (Lipinski definition) is 4. The Labute approximate surface area is 140 Å². The van der Waals surface area contributed by atoms with Crippen molar-refractivity contribution in [3.63, 3.8) is 0 Å². The number of aromatic carboxylic acids is 1. The van der Waals surface area contributed by atoms with Crippen molar-refractivity contribution in [3.05, 3.63) is 65.2 Å². The molecule has 2 aromatic heterocycles. The average Bonchev–Trinajstić information content (AvgIpc) is 3.18. The van der Waals surface area contributed by atoms with Gasteiger partial charge in [0.05, 0.1) is 4.88 Å². The number of carboxylic acids is 1. The minimum Gasteiger partial charge on any atom is -0.475 e.